The van der Waals surface area contributed by atoms with Gasteiger partial charge in [0.2, 0.25) is 0 Å². The Labute approximate surface area is 134 Å². The van der Waals surface area contributed by atoms with Gasteiger partial charge in [0, 0.05) is 35.2 Å². The molecule has 1 atom stereocenters. The zero-order valence-corrected chi connectivity index (χ0v) is 14.6. The van der Waals surface area contributed by atoms with Crippen molar-refractivity contribution in [2.24, 2.45) is 7.05 Å². The Morgan fingerprint density at radius 2 is 2.14 bits per heavy atom. The number of nitrogens with zero attached hydrogens (tertiary/aromatic N) is 2. The summed E-state index contributed by atoms with van der Waals surface area (Å²) in [5, 5.41) is 7.90. The second kappa shape index (κ2) is 7.09. The lowest BCUT2D eigenvalue weighted by molar-refractivity contribution is 0.400. The molecule has 1 aromatic carbocycles. The lowest BCUT2D eigenvalue weighted by Crippen LogP contribution is -2.20. The molecular weight excluding hydrogens is 330 g/mol. The minimum Gasteiger partial charge on any atom is -0.496 e. The van der Waals surface area contributed by atoms with Crippen molar-refractivity contribution in [1.82, 2.24) is 15.1 Å². The van der Waals surface area contributed by atoms with E-state index in [-0.39, 0.29) is 6.04 Å². The highest BCUT2D eigenvalue weighted by atomic mass is 79.9. The maximum Gasteiger partial charge on any atom is 0.124 e. The standard InChI is InChI=1S/C16H22BrN3O/c1-5-12-9-13(20(3)19-12)10-15(18-2)14-7-6-11(17)8-16(14)21-4/h6-9,15,18H,5,10H2,1-4H3. The number of benzene rings is 1. The van der Waals surface area contributed by atoms with E-state index < -0.39 is 0 Å². The van der Waals surface area contributed by atoms with Gasteiger partial charge in [0.25, 0.3) is 0 Å². The first-order valence-electron chi connectivity index (χ1n) is 7.11. The first kappa shape index (κ1) is 16.0. The number of likely N-dealkylation sites (N-methyl/N-ethyl adjacent to an activating group) is 1. The first-order chi connectivity index (χ1) is 10.1. The number of hydrogen-bond acceptors (Lipinski definition) is 3. The smallest absolute Gasteiger partial charge is 0.124 e. The van der Waals surface area contributed by atoms with Gasteiger partial charge in [0.15, 0.2) is 0 Å². The number of aromatic nitrogens is 2. The van der Waals surface area contributed by atoms with Crippen LogP contribution in [-0.4, -0.2) is 23.9 Å². The maximum absolute atomic E-state index is 5.51. The highest BCUT2D eigenvalue weighted by Gasteiger charge is 2.17. The van der Waals surface area contributed by atoms with Crippen molar-refractivity contribution in [3.05, 3.63) is 45.7 Å². The number of hydrogen-bond donors (Lipinski definition) is 1. The van der Waals surface area contributed by atoms with Crippen molar-refractivity contribution in [2.75, 3.05) is 14.2 Å². The van der Waals surface area contributed by atoms with Crippen LogP contribution < -0.4 is 10.1 Å². The molecule has 1 unspecified atom stereocenters. The SMILES string of the molecule is CCc1cc(CC(NC)c2ccc(Br)cc2OC)n(C)n1. The summed E-state index contributed by atoms with van der Waals surface area (Å²) in [6.45, 7) is 2.12. The number of rotatable bonds is 6. The summed E-state index contributed by atoms with van der Waals surface area (Å²) in [6, 6.07) is 8.51. The van der Waals surface area contributed by atoms with E-state index in [0.29, 0.717) is 0 Å². The van der Waals surface area contributed by atoms with Gasteiger partial charge in [-0.15, -0.1) is 0 Å². The Bertz CT molecular complexity index is 610. The van der Waals surface area contributed by atoms with Gasteiger partial charge >= 0.3 is 0 Å². The fourth-order valence-electron chi connectivity index (χ4n) is 2.48. The highest BCUT2D eigenvalue weighted by molar-refractivity contribution is 9.10. The molecule has 4 nitrogen and oxygen atoms in total. The van der Waals surface area contributed by atoms with Crippen molar-refractivity contribution >= 4 is 15.9 Å². The van der Waals surface area contributed by atoms with E-state index in [1.54, 1.807) is 7.11 Å². The molecule has 5 heteroatoms. The van der Waals surface area contributed by atoms with Crippen LogP contribution in [0.25, 0.3) is 0 Å². The maximum atomic E-state index is 5.51. The summed E-state index contributed by atoms with van der Waals surface area (Å²) in [7, 11) is 5.68. The van der Waals surface area contributed by atoms with E-state index >= 15 is 0 Å². The summed E-state index contributed by atoms with van der Waals surface area (Å²) >= 11 is 3.48. The summed E-state index contributed by atoms with van der Waals surface area (Å²) < 4.78 is 8.50. The van der Waals surface area contributed by atoms with E-state index in [0.717, 1.165) is 34.3 Å². The number of methoxy groups -OCH3 is 1. The Balaban J connectivity index is 2.29. The van der Waals surface area contributed by atoms with Crippen LogP contribution in [0.1, 0.15) is 29.9 Å². The van der Waals surface area contributed by atoms with Crippen molar-refractivity contribution in [3.63, 3.8) is 0 Å². The van der Waals surface area contributed by atoms with E-state index in [1.165, 1.54) is 5.69 Å². The third-order valence-electron chi connectivity index (χ3n) is 3.72. The number of aryl methyl sites for hydroxylation is 2. The van der Waals surface area contributed by atoms with E-state index in [2.05, 4.69) is 45.4 Å². The largest absolute Gasteiger partial charge is 0.496 e. The Hall–Kier alpha value is -1.33. The highest BCUT2D eigenvalue weighted by Crippen LogP contribution is 2.30. The van der Waals surface area contributed by atoms with Gasteiger partial charge < -0.3 is 10.1 Å². The molecule has 0 saturated heterocycles. The van der Waals surface area contributed by atoms with Gasteiger partial charge in [-0.1, -0.05) is 28.9 Å². The third-order valence-corrected chi connectivity index (χ3v) is 4.22. The van der Waals surface area contributed by atoms with Crippen molar-refractivity contribution in [2.45, 2.75) is 25.8 Å². The average Bonchev–Trinajstić information content (AvgIpc) is 2.85. The molecule has 0 saturated carbocycles. The van der Waals surface area contributed by atoms with Gasteiger partial charge in [-0.3, -0.25) is 4.68 Å². The van der Waals surface area contributed by atoms with Crippen LogP contribution in [0.15, 0.2) is 28.7 Å². The molecule has 1 aromatic heterocycles. The third kappa shape index (κ3) is 3.66. The van der Waals surface area contributed by atoms with Crippen LogP contribution in [0.3, 0.4) is 0 Å². The summed E-state index contributed by atoms with van der Waals surface area (Å²) in [6.07, 6.45) is 1.83. The molecule has 114 valence electrons. The number of nitrogens with one attached hydrogen (secondary N) is 1. The van der Waals surface area contributed by atoms with Crippen molar-refractivity contribution in [3.8, 4) is 5.75 Å². The van der Waals surface area contributed by atoms with Gasteiger partial charge in [0.1, 0.15) is 5.75 Å². The fourth-order valence-corrected chi connectivity index (χ4v) is 2.82. The molecule has 2 aromatic rings. The normalized spacial score (nSPS) is 12.4. The first-order valence-corrected chi connectivity index (χ1v) is 7.90. The van der Waals surface area contributed by atoms with E-state index in [1.807, 2.05) is 30.9 Å². The molecule has 0 radical (unpaired) electrons. The monoisotopic (exact) mass is 351 g/mol. The lowest BCUT2D eigenvalue weighted by Gasteiger charge is -2.19. The minimum atomic E-state index is 0.188. The second-order valence-corrected chi connectivity index (χ2v) is 5.95. The fraction of sp³-hybridized carbons (Fsp3) is 0.438. The van der Waals surface area contributed by atoms with Gasteiger partial charge in [-0.25, -0.2) is 0 Å². The summed E-state index contributed by atoms with van der Waals surface area (Å²) in [5.74, 6) is 0.890. The van der Waals surface area contributed by atoms with Crippen LogP contribution >= 0.6 is 15.9 Å². The number of halogens is 1. The quantitative estimate of drug-likeness (QED) is 0.867. The summed E-state index contributed by atoms with van der Waals surface area (Å²) in [5.41, 5.74) is 3.50. The molecule has 0 aliphatic carbocycles. The molecule has 0 fully saturated rings. The van der Waals surface area contributed by atoms with E-state index in [4.69, 9.17) is 4.74 Å². The van der Waals surface area contributed by atoms with Crippen LogP contribution in [0.5, 0.6) is 5.75 Å². The molecule has 21 heavy (non-hydrogen) atoms. The zero-order valence-electron chi connectivity index (χ0n) is 13.0. The Kier molecular flexibility index (Phi) is 5.42. The molecular formula is C16H22BrN3O. The predicted molar refractivity (Wildman–Crippen MR) is 88.8 cm³/mol. The molecule has 2 rings (SSSR count). The van der Waals surface area contributed by atoms with Crippen molar-refractivity contribution in [1.29, 1.82) is 0 Å². The van der Waals surface area contributed by atoms with Crippen molar-refractivity contribution < 1.29 is 4.74 Å². The van der Waals surface area contributed by atoms with E-state index in [9.17, 15) is 0 Å². The Morgan fingerprint density at radius 3 is 2.71 bits per heavy atom. The average molecular weight is 352 g/mol. The van der Waals surface area contributed by atoms with Crippen LogP contribution in [0.4, 0.5) is 0 Å². The van der Waals surface area contributed by atoms with Crippen LogP contribution in [0, 0.1) is 0 Å². The second-order valence-electron chi connectivity index (χ2n) is 5.04. The minimum absolute atomic E-state index is 0.188. The predicted octanol–water partition coefficient (Wildman–Crippen LogP) is 3.26. The molecule has 0 aliphatic heterocycles. The van der Waals surface area contributed by atoms with Gasteiger partial charge in [-0.05, 0) is 31.7 Å². The molecule has 0 amide bonds. The zero-order chi connectivity index (χ0) is 15.4. The molecule has 0 spiro atoms. The molecule has 0 bridgehead atoms. The number of ether oxygens (including phenoxy) is 1. The lowest BCUT2D eigenvalue weighted by atomic mass is 10.0. The van der Waals surface area contributed by atoms with Crippen LogP contribution in [0.2, 0.25) is 0 Å². The topological polar surface area (TPSA) is 39.1 Å². The van der Waals surface area contributed by atoms with Crippen LogP contribution in [-0.2, 0) is 19.9 Å². The summed E-state index contributed by atoms with van der Waals surface area (Å²) in [4.78, 5) is 0. The molecule has 0 aliphatic rings. The molecule has 1 heterocycles. The van der Waals surface area contributed by atoms with Gasteiger partial charge in [0.05, 0.1) is 12.8 Å². The Morgan fingerprint density at radius 1 is 1.38 bits per heavy atom. The van der Waals surface area contributed by atoms with Gasteiger partial charge in [-0.2, -0.15) is 5.10 Å². The molecule has 1 N–H and O–H groups in total.